The van der Waals surface area contributed by atoms with Gasteiger partial charge in [0.05, 0.1) is 16.2 Å². The zero-order valence-corrected chi connectivity index (χ0v) is 21.2. The molecule has 5 nitrogen and oxygen atoms in total. The summed E-state index contributed by atoms with van der Waals surface area (Å²) in [5.41, 5.74) is 5.97. The number of aromatic nitrogens is 3. The first-order chi connectivity index (χ1) is 15.9. The number of fused-ring (bicyclic) bond motifs is 1. The predicted octanol–water partition coefficient (Wildman–Crippen LogP) is 6.45. The number of rotatable bonds is 7. The second-order valence-corrected chi connectivity index (χ2v) is 10.2. The molecule has 2 aromatic heterocycles. The maximum atomic E-state index is 6.66. The SMILES string of the molecule is CN/C=C(/Cc1nc2nc(-c3ccc(N4CCC(C)CC4)cc3)c(Cl)cc2[nH]1)C(C)C(C)C. The number of nitrogens with one attached hydrogen (secondary N) is 2. The first kappa shape index (κ1) is 23.6. The Morgan fingerprint density at radius 2 is 1.88 bits per heavy atom. The Bertz CT molecular complexity index is 1110. The Morgan fingerprint density at radius 1 is 1.18 bits per heavy atom. The maximum Gasteiger partial charge on any atom is 0.178 e. The fourth-order valence-electron chi connectivity index (χ4n) is 4.50. The summed E-state index contributed by atoms with van der Waals surface area (Å²) in [6, 6.07) is 10.6. The number of anilines is 1. The number of hydrogen-bond donors (Lipinski definition) is 2. The topological polar surface area (TPSA) is 56.8 Å². The van der Waals surface area contributed by atoms with Crippen LogP contribution in [0.1, 0.15) is 46.4 Å². The molecule has 1 atom stereocenters. The Labute approximate surface area is 202 Å². The van der Waals surface area contributed by atoms with E-state index < -0.39 is 0 Å². The number of pyridine rings is 1. The van der Waals surface area contributed by atoms with Crippen molar-refractivity contribution in [1.82, 2.24) is 20.3 Å². The highest BCUT2D eigenvalue weighted by molar-refractivity contribution is 6.33. The van der Waals surface area contributed by atoms with Crippen LogP contribution in [0.2, 0.25) is 5.02 Å². The van der Waals surface area contributed by atoms with E-state index in [0.717, 1.165) is 48.0 Å². The van der Waals surface area contributed by atoms with Gasteiger partial charge in [0, 0.05) is 37.8 Å². The molecule has 0 spiro atoms. The third-order valence-corrected chi connectivity index (χ3v) is 7.34. The van der Waals surface area contributed by atoms with Gasteiger partial charge in [0.25, 0.3) is 0 Å². The minimum atomic E-state index is 0.458. The summed E-state index contributed by atoms with van der Waals surface area (Å²) in [6.07, 6.45) is 5.36. The van der Waals surface area contributed by atoms with E-state index in [4.69, 9.17) is 21.6 Å². The lowest BCUT2D eigenvalue weighted by molar-refractivity contribution is 0.438. The molecule has 1 unspecified atom stereocenters. The van der Waals surface area contributed by atoms with Gasteiger partial charge < -0.3 is 15.2 Å². The first-order valence-corrected chi connectivity index (χ1v) is 12.5. The van der Waals surface area contributed by atoms with Gasteiger partial charge in [0.15, 0.2) is 5.65 Å². The Hall–Kier alpha value is -2.53. The number of aromatic amines is 1. The Balaban J connectivity index is 1.57. The normalized spacial score (nSPS) is 16.6. The van der Waals surface area contributed by atoms with Gasteiger partial charge in [-0.15, -0.1) is 0 Å². The van der Waals surface area contributed by atoms with E-state index in [2.05, 4.69) is 73.4 Å². The molecule has 3 heterocycles. The smallest absolute Gasteiger partial charge is 0.178 e. The average molecular weight is 466 g/mol. The van der Waals surface area contributed by atoms with Crippen LogP contribution in [0.5, 0.6) is 0 Å². The van der Waals surface area contributed by atoms with Crippen molar-refractivity contribution in [3.63, 3.8) is 0 Å². The van der Waals surface area contributed by atoms with Crippen LogP contribution in [0.25, 0.3) is 22.4 Å². The summed E-state index contributed by atoms with van der Waals surface area (Å²) >= 11 is 6.66. The first-order valence-electron chi connectivity index (χ1n) is 12.1. The molecule has 6 heteroatoms. The van der Waals surface area contributed by atoms with Crippen LogP contribution in [0.4, 0.5) is 5.69 Å². The van der Waals surface area contributed by atoms with E-state index in [1.54, 1.807) is 0 Å². The second kappa shape index (κ2) is 10.2. The van der Waals surface area contributed by atoms with Gasteiger partial charge in [-0.3, -0.25) is 0 Å². The number of piperidine rings is 1. The third-order valence-electron chi connectivity index (χ3n) is 7.05. The number of halogens is 1. The molecule has 0 aliphatic carbocycles. The summed E-state index contributed by atoms with van der Waals surface area (Å²) in [5.74, 6) is 2.76. The van der Waals surface area contributed by atoms with E-state index in [-0.39, 0.29) is 0 Å². The van der Waals surface area contributed by atoms with Crippen molar-refractivity contribution in [2.24, 2.45) is 17.8 Å². The quantitative estimate of drug-likeness (QED) is 0.420. The number of imidazole rings is 1. The molecule has 1 aliphatic rings. The number of H-pyrrole nitrogens is 1. The zero-order chi connectivity index (χ0) is 23.5. The Morgan fingerprint density at radius 3 is 2.52 bits per heavy atom. The van der Waals surface area contributed by atoms with Gasteiger partial charge in [-0.1, -0.05) is 51.4 Å². The van der Waals surface area contributed by atoms with Crippen LogP contribution < -0.4 is 10.2 Å². The fourth-order valence-corrected chi connectivity index (χ4v) is 4.76. The lowest BCUT2D eigenvalue weighted by atomic mass is 9.88. The molecule has 0 saturated carbocycles. The molecule has 0 bridgehead atoms. The molecule has 2 N–H and O–H groups in total. The van der Waals surface area contributed by atoms with Gasteiger partial charge in [-0.25, -0.2) is 9.97 Å². The zero-order valence-electron chi connectivity index (χ0n) is 20.5. The highest BCUT2D eigenvalue weighted by Crippen LogP contribution is 2.31. The standard InChI is InChI=1S/C27H36ClN5/c1-17(2)19(4)21(16-29-5)14-25-30-24-15-23(28)26(32-27(24)31-25)20-6-8-22(9-7-20)33-12-10-18(3)11-13-33/h6-9,15-19,29H,10-14H2,1-5H3,(H,30,31,32)/b21-16-. The van der Waals surface area contributed by atoms with E-state index in [1.807, 2.05) is 13.1 Å². The van der Waals surface area contributed by atoms with E-state index in [0.29, 0.717) is 22.5 Å². The van der Waals surface area contributed by atoms with Crippen molar-refractivity contribution in [1.29, 1.82) is 0 Å². The molecule has 0 amide bonds. The number of allylic oxidation sites excluding steroid dienone is 1. The third kappa shape index (κ3) is 5.35. The van der Waals surface area contributed by atoms with Crippen LogP contribution in [0.15, 0.2) is 42.1 Å². The van der Waals surface area contributed by atoms with Crippen molar-refractivity contribution in [2.45, 2.75) is 47.0 Å². The number of benzene rings is 1. The maximum absolute atomic E-state index is 6.66. The molecular weight excluding hydrogens is 430 g/mol. The molecule has 4 rings (SSSR count). The Kier molecular flexibility index (Phi) is 7.28. The van der Waals surface area contributed by atoms with E-state index in [1.165, 1.54) is 24.1 Å². The van der Waals surface area contributed by atoms with Crippen molar-refractivity contribution in [3.8, 4) is 11.3 Å². The lowest BCUT2D eigenvalue weighted by Gasteiger charge is -2.32. The van der Waals surface area contributed by atoms with Crippen LogP contribution >= 0.6 is 11.6 Å². The van der Waals surface area contributed by atoms with E-state index >= 15 is 0 Å². The molecule has 176 valence electrons. The van der Waals surface area contributed by atoms with Crippen molar-refractivity contribution in [3.05, 3.63) is 53.0 Å². The summed E-state index contributed by atoms with van der Waals surface area (Å²) in [7, 11) is 1.94. The molecule has 3 aromatic rings. The van der Waals surface area contributed by atoms with Crippen molar-refractivity contribution in [2.75, 3.05) is 25.0 Å². The van der Waals surface area contributed by atoms with Crippen LogP contribution in [-0.2, 0) is 6.42 Å². The van der Waals surface area contributed by atoms with Crippen molar-refractivity contribution < 1.29 is 0 Å². The molecule has 1 saturated heterocycles. The molecule has 1 aliphatic heterocycles. The van der Waals surface area contributed by atoms with Crippen LogP contribution in [0.3, 0.4) is 0 Å². The molecule has 1 fully saturated rings. The lowest BCUT2D eigenvalue weighted by Crippen LogP contribution is -2.32. The van der Waals surface area contributed by atoms with Gasteiger partial charge in [-0.2, -0.15) is 0 Å². The highest BCUT2D eigenvalue weighted by atomic mass is 35.5. The number of nitrogens with zero attached hydrogens (tertiary/aromatic N) is 3. The monoisotopic (exact) mass is 465 g/mol. The van der Waals surface area contributed by atoms with Crippen LogP contribution in [0, 0.1) is 17.8 Å². The predicted molar refractivity (Wildman–Crippen MR) is 140 cm³/mol. The highest BCUT2D eigenvalue weighted by Gasteiger charge is 2.18. The molecular formula is C27H36ClN5. The van der Waals surface area contributed by atoms with Crippen molar-refractivity contribution >= 4 is 28.5 Å². The van der Waals surface area contributed by atoms with Gasteiger partial charge >= 0.3 is 0 Å². The number of hydrogen-bond acceptors (Lipinski definition) is 4. The molecule has 0 radical (unpaired) electrons. The molecule has 1 aromatic carbocycles. The fraction of sp³-hybridized carbons (Fsp3) is 0.481. The largest absolute Gasteiger partial charge is 0.394 e. The minimum absolute atomic E-state index is 0.458. The summed E-state index contributed by atoms with van der Waals surface area (Å²) in [4.78, 5) is 15.5. The van der Waals surface area contributed by atoms with E-state index in [9.17, 15) is 0 Å². The van der Waals surface area contributed by atoms with Gasteiger partial charge in [-0.05, 0) is 60.6 Å². The average Bonchev–Trinajstić information content (AvgIpc) is 3.19. The summed E-state index contributed by atoms with van der Waals surface area (Å²) < 4.78 is 0. The van der Waals surface area contributed by atoms with Crippen LogP contribution in [-0.4, -0.2) is 35.1 Å². The minimum Gasteiger partial charge on any atom is -0.394 e. The second-order valence-electron chi connectivity index (χ2n) is 9.81. The molecule has 33 heavy (non-hydrogen) atoms. The summed E-state index contributed by atoms with van der Waals surface area (Å²) in [6.45, 7) is 11.3. The van der Waals surface area contributed by atoms with Gasteiger partial charge in [0.1, 0.15) is 5.82 Å². The summed E-state index contributed by atoms with van der Waals surface area (Å²) in [5, 5.41) is 3.82. The van der Waals surface area contributed by atoms with Gasteiger partial charge in [0.2, 0.25) is 0 Å².